The number of rotatable bonds is 5. The van der Waals surface area contributed by atoms with E-state index >= 15 is 0 Å². The van der Waals surface area contributed by atoms with Gasteiger partial charge in [-0.1, -0.05) is 40.2 Å². The molecule has 4 unspecified atom stereocenters. The van der Waals surface area contributed by atoms with Gasteiger partial charge in [-0.05, 0) is 30.3 Å². The van der Waals surface area contributed by atoms with Gasteiger partial charge in [0.1, 0.15) is 35.5 Å². The fourth-order valence-electron chi connectivity index (χ4n) is 3.15. The molecule has 0 saturated carbocycles. The first-order valence-electron chi connectivity index (χ1n) is 8.79. The van der Waals surface area contributed by atoms with Gasteiger partial charge in [-0.25, -0.2) is 4.68 Å². The molecule has 7 nitrogen and oxygen atoms in total. The average molecular weight is 492 g/mol. The molecular formula is C18H16Cl2FN3O4S2. The first-order valence-corrected chi connectivity index (χ1v) is 11.2. The van der Waals surface area contributed by atoms with Crippen LogP contribution in [0.2, 0.25) is 10.0 Å². The van der Waals surface area contributed by atoms with Crippen LogP contribution in [0.3, 0.4) is 0 Å². The third kappa shape index (κ3) is 4.37. The van der Waals surface area contributed by atoms with E-state index in [1.54, 1.807) is 24.3 Å². The number of hydrogen-bond acceptors (Lipinski definition) is 8. The van der Waals surface area contributed by atoms with Crippen molar-refractivity contribution >= 4 is 46.3 Å². The molecule has 3 aromatic rings. The zero-order valence-corrected chi connectivity index (χ0v) is 18.2. The Morgan fingerprint density at radius 3 is 2.63 bits per heavy atom. The Balaban J connectivity index is 1.61. The van der Waals surface area contributed by atoms with Gasteiger partial charge in [0.25, 0.3) is 0 Å². The van der Waals surface area contributed by atoms with Crippen molar-refractivity contribution < 1.29 is 24.4 Å². The van der Waals surface area contributed by atoms with Gasteiger partial charge in [0.05, 0.1) is 27.7 Å². The van der Waals surface area contributed by atoms with E-state index in [1.165, 1.54) is 28.7 Å². The Kier molecular flexibility index (Phi) is 6.66. The zero-order valence-electron chi connectivity index (χ0n) is 15.1. The van der Waals surface area contributed by atoms with E-state index in [-0.39, 0.29) is 5.13 Å². The first kappa shape index (κ1) is 22.0. The van der Waals surface area contributed by atoms with Crippen LogP contribution in [0.5, 0.6) is 0 Å². The Morgan fingerprint density at radius 2 is 1.97 bits per heavy atom. The highest BCUT2D eigenvalue weighted by Crippen LogP contribution is 2.39. The summed E-state index contributed by atoms with van der Waals surface area (Å²) < 4.78 is 20.3. The van der Waals surface area contributed by atoms with E-state index in [9.17, 15) is 19.7 Å². The van der Waals surface area contributed by atoms with Crippen molar-refractivity contribution in [2.75, 3.05) is 6.61 Å². The maximum absolute atomic E-state index is 13.3. The quantitative estimate of drug-likeness (QED) is 0.503. The summed E-state index contributed by atoms with van der Waals surface area (Å²) in [5, 5.41) is 39.7. The molecule has 1 saturated heterocycles. The first-order chi connectivity index (χ1) is 14.4. The predicted octanol–water partition coefficient (Wildman–Crippen LogP) is 3.22. The summed E-state index contributed by atoms with van der Waals surface area (Å²) >= 11 is 14.1. The van der Waals surface area contributed by atoms with Gasteiger partial charge >= 0.3 is 0 Å². The molecule has 0 amide bonds. The van der Waals surface area contributed by atoms with Crippen LogP contribution < -0.4 is 0 Å². The third-order valence-corrected chi connectivity index (χ3v) is 7.42. The minimum absolute atomic E-state index is 0.353. The molecule has 0 aliphatic carbocycles. The molecule has 1 aliphatic heterocycles. The van der Waals surface area contributed by atoms with E-state index in [0.717, 1.165) is 11.3 Å². The molecule has 1 aliphatic rings. The van der Waals surface area contributed by atoms with Gasteiger partial charge in [0, 0.05) is 4.90 Å². The predicted molar refractivity (Wildman–Crippen MR) is 112 cm³/mol. The molecule has 0 spiro atoms. The Hall–Kier alpha value is -1.24. The Labute approximate surface area is 189 Å². The number of thioether (sulfide) groups is 1. The van der Waals surface area contributed by atoms with Crippen molar-refractivity contribution in [3.63, 3.8) is 0 Å². The summed E-state index contributed by atoms with van der Waals surface area (Å²) in [7, 11) is 0. The largest absolute Gasteiger partial charge is 0.394 e. The van der Waals surface area contributed by atoms with Crippen LogP contribution in [0.25, 0.3) is 10.6 Å². The number of aliphatic hydroxyl groups excluding tert-OH is 3. The summed E-state index contributed by atoms with van der Waals surface area (Å²) in [4.78, 5) is 1.25. The van der Waals surface area contributed by atoms with E-state index in [0.29, 0.717) is 25.5 Å². The minimum atomic E-state index is -1.25. The van der Waals surface area contributed by atoms with Crippen LogP contribution in [-0.4, -0.2) is 60.7 Å². The summed E-state index contributed by atoms with van der Waals surface area (Å²) in [6, 6.07) is 6.94. The second-order valence-electron chi connectivity index (χ2n) is 6.58. The van der Waals surface area contributed by atoms with Crippen LogP contribution in [0.15, 0.2) is 41.4 Å². The third-order valence-electron chi connectivity index (χ3n) is 4.63. The molecule has 5 atom stereocenters. The van der Waals surface area contributed by atoms with E-state index < -0.39 is 36.4 Å². The van der Waals surface area contributed by atoms with Crippen molar-refractivity contribution in [2.24, 2.45) is 0 Å². The molecule has 0 bridgehead atoms. The molecule has 3 N–H and O–H groups in total. The van der Waals surface area contributed by atoms with Gasteiger partial charge in [0.15, 0.2) is 5.13 Å². The van der Waals surface area contributed by atoms with Crippen molar-refractivity contribution in [1.82, 2.24) is 15.0 Å². The lowest BCUT2D eigenvalue weighted by Crippen LogP contribution is -2.55. The molecule has 160 valence electrons. The molecule has 4 rings (SSSR count). The van der Waals surface area contributed by atoms with E-state index in [1.807, 2.05) is 0 Å². The fraction of sp³-hybridized carbons (Fsp3) is 0.333. The van der Waals surface area contributed by atoms with Crippen LogP contribution in [-0.2, 0) is 4.74 Å². The van der Waals surface area contributed by atoms with E-state index in [2.05, 4.69) is 10.3 Å². The van der Waals surface area contributed by atoms with Gasteiger partial charge < -0.3 is 20.1 Å². The molecule has 12 heteroatoms. The highest BCUT2D eigenvalue weighted by Gasteiger charge is 2.46. The molecular weight excluding hydrogens is 476 g/mol. The van der Waals surface area contributed by atoms with Crippen molar-refractivity contribution in [1.29, 1.82) is 0 Å². The minimum Gasteiger partial charge on any atom is -0.394 e. The highest BCUT2D eigenvalue weighted by molar-refractivity contribution is 7.99. The number of hydrogen-bond donors (Lipinski definition) is 3. The smallest absolute Gasteiger partial charge is 0.177 e. The Morgan fingerprint density at radius 1 is 1.17 bits per heavy atom. The molecule has 2 aromatic heterocycles. The number of aliphatic hydroxyl groups is 3. The van der Waals surface area contributed by atoms with Crippen LogP contribution in [0.1, 0.15) is 6.04 Å². The van der Waals surface area contributed by atoms with Crippen LogP contribution >= 0.6 is 46.3 Å². The highest BCUT2D eigenvalue weighted by atomic mass is 35.5. The normalized spacial score (nSPS) is 26.8. The fourth-order valence-corrected chi connectivity index (χ4v) is 5.29. The lowest BCUT2D eigenvalue weighted by molar-refractivity contribution is -0.178. The number of ether oxygens (including phenoxy) is 1. The second-order valence-corrected chi connectivity index (χ2v) is 9.60. The van der Waals surface area contributed by atoms with Crippen molar-refractivity contribution in [3.05, 3.63) is 51.7 Å². The molecule has 1 aromatic carbocycles. The maximum atomic E-state index is 13.3. The van der Waals surface area contributed by atoms with Crippen molar-refractivity contribution in [3.8, 4) is 10.6 Å². The second kappa shape index (κ2) is 9.09. The van der Waals surface area contributed by atoms with E-state index in [4.69, 9.17) is 27.9 Å². The van der Waals surface area contributed by atoms with Crippen molar-refractivity contribution in [2.45, 2.75) is 34.7 Å². The number of thiophene rings is 1. The molecule has 0 radical (unpaired) electrons. The summed E-state index contributed by atoms with van der Waals surface area (Å²) in [5.41, 5.74) is -0.427. The molecule has 30 heavy (non-hydrogen) atoms. The molecule has 3 heterocycles. The lowest BCUT2D eigenvalue weighted by Gasteiger charge is -2.41. The Bertz CT molecular complexity index is 1040. The number of halogens is 3. The van der Waals surface area contributed by atoms with Gasteiger partial charge in [0.2, 0.25) is 0 Å². The summed E-state index contributed by atoms with van der Waals surface area (Å²) in [6.07, 6.45) is -1.88. The van der Waals surface area contributed by atoms with Crippen LogP contribution in [0.4, 0.5) is 4.39 Å². The zero-order chi connectivity index (χ0) is 21.4. The number of benzene rings is 1. The van der Waals surface area contributed by atoms with Gasteiger partial charge in [-0.15, -0.1) is 16.4 Å². The summed E-state index contributed by atoms with van der Waals surface area (Å²) in [5.74, 6) is 0. The number of nitrogens with zero attached hydrogens (tertiary/aromatic N) is 3. The van der Waals surface area contributed by atoms with Gasteiger partial charge in [-0.3, -0.25) is 0 Å². The topological polar surface area (TPSA) is 101 Å². The number of aromatic nitrogens is 3. The van der Waals surface area contributed by atoms with Gasteiger partial charge in [-0.2, -0.15) is 4.39 Å². The maximum Gasteiger partial charge on any atom is 0.177 e. The SMILES string of the molecule is OCC1OC(Sc2ccc(Cl)c(Cl)c2)[C@@H](O)C(n2cc(-c3ccc(F)s3)nn2)C1O. The molecule has 1 fully saturated rings. The monoisotopic (exact) mass is 491 g/mol. The summed E-state index contributed by atoms with van der Waals surface area (Å²) in [6.45, 7) is -0.458. The average Bonchev–Trinajstić information content (AvgIpc) is 3.36. The standard InChI is InChI=1S/C18H16Cl2FN3O4S2/c19-9-2-1-8(5-10(9)20)29-18-17(27)15(16(26)12(7-25)28-18)24-6-11(22-23-24)13-3-4-14(21)30-13/h1-6,12,15-18,25-27H,7H2/t12?,15?,16?,17-,18?/m0/s1. The van der Waals surface area contributed by atoms with Crippen LogP contribution in [0, 0.1) is 5.13 Å². The lowest BCUT2D eigenvalue weighted by atomic mass is 9.97.